The number of aromatic nitrogens is 1. The fraction of sp³-hybridized carbons (Fsp3) is 0.250. The first-order valence-corrected chi connectivity index (χ1v) is 7.61. The second-order valence-corrected chi connectivity index (χ2v) is 5.40. The summed E-state index contributed by atoms with van der Waals surface area (Å²) in [4.78, 5) is 28.3. The summed E-state index contributed by atoms with van der Waals surface area (Å²) in [5, 5.41) is 16.9. The predicted octanol–water partition coefficient (Wildman–Crippen LogP) is 1.78. The molecule has 8 heteroatoms. The van der Waals surface area contributed by atoms with Crippen LogP contribution in [-0.2, 0) is 0 Å². The Balaban J connectivity index is 1.65. The van der Waals surface area contributed by atoms with E-state index >= 15 is 0 Å². The van der Waals surface area contributed by atoms with Crippen LogP contribution in [0.1, 0.15) is 10.4 Å². The van der Waals surface area contributed by atoms with Crippen molar-refractivity contribution in [1.29, 1.82) is 0 Å². The van der Waals surface area contributed by atoms with Crippen LogP contribution >= 0.6 is 0 Å². The van der Waals surface area contributed by atoms with Crippen LogP contribution in [0, 0.1) is 10.1 Å². The summed E-state index contributed by atoms with van der Waals surface area (Å²) in [5.74, 6) is 0.526. The fourth-order valence-electron chi connectivity index (χ4n) is 2.46. The van der Waals surface area contributed by atoms with Gasteiger partial charge in [-0.1, -0.05) is 0 Å². The zero-order chi connectivity index (χ0) is 16.9. The third kappa shape index (κ3) is 3.66. The van der Waals surface area contributed by atoms with Gasteiger partial charge in [-0.3, -0.25) is 14.9 Å². The summed E-state index contributed by atoms with van der Waals surface area (Å²) in [6.45, 7) is 3.06. The minimum atomic E-state index is -0.493. The number of nitro groups is 1. The maximum Gasteiger partial charge on any atom is 0.287 e. The molecule has 0 atom stereocenters. The molecule has 0 saturated carbocycles. The van der Waals surface area contributed by atoms with Gasteiger partial charge in [-0.15, -0.1) is 0 Å². The van der Waals surface area contributed by atoms with Gasteiger partial charge in [-0.2, -0.15) is 0 Å². The normalized spacial score (nSPS) is 14.2. The van der Waals surface area contributed by atoms with Crippen molar-refractivity contribution < 1.29 is 9.72 Å². The van der Waals surface area contributed by atoms with E-state index in [4.69, 9.17) is 0 Å². The molecule has 1 aliphatic heterocycles. The van der Waals surface area contributed by atoms with Gasteiger partial charge in [0.1, 0.15) is 12.0 Å². The van der Waals surface area contributed by atoms with Gasteiger partial charge < -0.3 is 15.5 Å². The van der Waals surface area contributed by atoms with E-state index < -0.39 is 4.92 Å². The average Bonchev–Trinajstić information content (AvgIpc) is 2.63. The molecule has 0 radical (unpaired) electrons. The summed E-state index contributed by atoms with van der Waals surface area (Å²) in [6.07, 6.45) is 1.20. The molecular weight excluding hydrogens is 310 g/mol. The Bertz CT molecular complexity index is 724. The van der Waals surface area contributed by atoms with Crippen molar-refractivity contribution in [2.45, 2.75) is 0 Å². The number of anilines is 2. The lowest BCUT2D eigenvalue weighted by molar-refractivity contribution is -0.385. The van der Waals surface area contributed by atoms with Crippen molar-refractivity contribution in [3.63, 3.8) is 0 Å². The number of hydrogen-bond donors (Lipinski definition) is 2. The monoisotopic (exact) mass is 327 g/mol. The summed E-state index contributed by atoms with van der Waals surface area (Å²) in [5.41, 5.74) is 1.34. The number of carbonyl (C=O) groups excluding carboxylic acids is 1. The molecule has 1 fully saturated rings. The Morgan fingerprint density at radius 1 is 1.17 bits per heavy atom. The second-order valence-electron chi connectivity index (χ2n) is 5.40. The van der Waals surface area contributed by atoms with Crippen molar-refractivity contribution >= 4 is 23.1 Å². The van der Waals surface area contributed by atoms with Crippen LogP contribution in [0.2, 0.25) is 0 Å². The molecule has 1 amide bonds. The highest BCUT2D eigenvalue weighted by Crippen LogP contribution is 2.18. The van der Waals surface area contributed by atoms with Gasteiger partial charge in [-0.05, 0) is 30.3 Å². The fourth-order valence-corrected chi connectivity index (χ4v) is 2.46. The number of hydrogen-bond acceptors (Lipinski definition) is 6. The number of nitrogens with one attached hydrogen (secondary N) is 2. The number of pyridine rings is 1. The van der Waals surface area contributed by atoms with Crippen LogP contribution in [0.5, 0.6) is 0 Å². The molecule has 2 heterocycles. The van der Waals surface area contributed by atoms with E-state index in [0.717, 1.165) is 18.8 Å². The van der Waals surface area contributed by atoms with Crippen LogP contribution in [-0.4, -0.2) is 46.9 Å². The summed E-state index contributed by atoms with van der Waals surface area (Å²) >= 11 is 0. The van der Waals surface area contributed by atoms with Crippen molar-refractivity contribution in [3.8, 4) is 0 Å². The number of carbonyl (C=O) groups is 1. The number of piperazine rings is 1. The lowest BCUT2D eigenvalue weighted by Crippen LogP contribution is -2.46. The van der Waals surface area contributed by atoms with E-state index in [0.29, 0.717) is 24.5 Å². The van der Waals surface area contributed by atoms with Crippen LogP contribution in [0.25, 0.3) is 0 Å². The molecule has 1 aliphatic rings. The Kier molecular flexibility index (Phi) is 4.66. The summed E-state index contributed by atoms with van der Waals surface area (Å²) in [6, 6.07) is 10.0. The lowest BCUT2D eigenvalue weighted by atomic mass is 10.1. The quantitative estimate of drug-likeness (QED) is 0.656. The van der Waals surface area contributed by atoms with Gasteiger partial charge in [0.25, 0.3) is 11.6 Å². The molecule has 1 aromatic heterocycles. The van der Waals surface area contributed by atoms with E-state index in [9.17, 15) is 14.9 Å². The molecule has 8 nitrogen and oxygen atoms in total. The largest absolute Gasteiger partial charge is 0.340 e. The number of benzene rings is 1. The summed E-state index contributed by atoms with van der Waals surface area (Å²) < 4.78 is 0. The maximum atomic E-state index is 12.4. The molecule has 0 aliphatic carbocycles. The molecule has 24 heavy (non-hydrogen) atoms. The highest BCUT2D eigenvalue weighted by Gasteiger charge is 2.17. The standard InChI is InChI=1S/C16H17N5O3/c22-16(20-9-7-17-8-10-20)12-1-3-13(4-2-12)19-15-6-5-14(11-18-15)21(23)24/h1-6,11,17H,7-10H2,(H,18,19). The van der Waals surface area contributed by atoms with Gasteiger partial charge >= 0.3 is 0 Å². The van der Waals surface area contributed by atoms with Crippen LogP contribution in [0.15, 0.2) is 42.6 Å². The van der Waals surface area contributed by atoms with Crippen LogP contribution in [0.4, 0.5) is 17.2 Å². The third-order valence-electron chi connectivity index (χ3n) is 3.77. The molecule has 0 spiro atoms. The number of amides is 1. The number of nitrogens with zero attached hydrogens (tertiary/aromatic N) is 3. The molecule has 124 valence electrons. The van der Waals surface area contributed by atoms with E-state index in [1.165, 1.54) is 18.3 Å². The molecule has 2 aromatic rings. The van der Waals surface area contributed by atoms with Crippen LogP contribution in [0.3, 0.4) is 0 Å². The van der Waals surface area contributed by atoms with E-state index in [1.807, 2.05) is 4.90 Å². The molecule has 0 bridgehead atoms. The smallest absolute Gasteiger partial charge is 0.287 e. The molecular formula is C16H17N5O3. The van der Waals surface area contributed by atoms with Crippen molar-refractivity contribution in [3.05, 3.63) is 58.3 Å². The molecule has 1 saturated heterocycles. The van der Waals surface area contributed by atoms with Crippen LogP contribution < -0.4 is 10.6 Å². The lowest BCUT2D eigenvalue weighted by Gasteiger charge is -2.27. The van der Waals surface area contributed by atoms with Crippen molar-refractivity contribution in [1.82, 2.24) is 15.2 Å². The number of rotatable bonds is 4. The first-order valence-electron chi connectivity index (χ1n) is 7.61. The third-order valence-corrected chi connectivity index (χ3v) is 3.77. The average molecular weight is 327 g/mol. The minimum absolute atomic E-state index is 0.0245. The topological polar surface area (TPSA) is 100 Å². The van der Waals surface area contributed by atoms with Gasteiger partial charge in [0, 0.05) is 43.5 Å². The second kappa shape index (κ2) is 7.05. The summed E-state index contributed by atoms with van der Waals surface area (Å²) in [7, 11) is 0. The Morgan fingerprint density at radius 2 is 1.88 bits per heavy atom. The molecule has 2 N–H and O–H groups in total. The minimum Gasteiger partial charge on any atom is -0.340 e. The highest BCUT2D eigenvalue weighted by molar-refractivity contribution is 5.94. The first-order chi connectivity index (χ1) is 11.6. The van der Waals surface area contributed by atoms with E-state index in [2.05, 4.69) is 15.6 Å². The van der Waals surface area contributed by atoms with Gasteiger partial charge in [0.15, 0.2) is 0 Å². The zero-order valence-corrected chi connectivity index (χ0v) is 12.9. The maximum absolute atomic E-state index is 12.4. The first kappa shape index (κ1) is 15.9. The van der Waals surface area contributed by atoms with Gasteiger partial charge in [0.2, 0.25) is 0 Å². The molecule has 1 aromatic carbocycles. The van der Waals surface area contributed by atoms with Gasteiger partial charge in [0.05, 0.1) is 4.92 Å². The van der Waals surface area contributed by atoms with E-state index in [-0.39, 0.29) is 11.6 Å². The van der Waals surface area contributed by atoms with Gasteiger partial charge in [-0.25, -0.2) is 4.98 Å². The molecule has 3 rings (SSSR count). The SMILES string of the molecule is O=C(c1ccc(Nc2ccc([N+](=O)[O-])cn2)cc1)N1CCNCC1. The zero-order valence-electron chi connectivity index (χ0n) is 12.9. The van der Waals surface area contributed by atoms with Crippen molar-refractivity contribution in [2.24, 2.45) is 0 Å². The predicted molar refractivity (Wildman–Crippen MR) is 89.4 cm³/mol. The Labute approximate surface area is 138 Å². The van der Waals surface area contributed by atoms with E-state index in [1.54, 1.807) is 24.3 Å². The Morgan fingerprint density at radius 3 is 2.46 bits per heavy atom. The highest BCUT2D eigenvalue weighted by atomic mass is 16.6. The molecule has 0 unspecified atom stereocenters. The Hall–Kier alpha value is -3.00. The van der Waals surface area contributed by atoms with Crippen molar-refractivity contribution in [2.75, 3.05) is 31.5 Å².